The van der Waals surface area contributed by atoms with Crippen molar-refractivity contribution in [1.82, 2.24) is 0 Å². The van der Waals surface area contributed by atoms with E-state index in [1.807, 2.05) is 6.21 Å². The molecular weight excluding hydrogens is 355 g/mol. The van der Waals surface area contributed by atoms with Gasteiger partial charge in [0.1, 0.15) is 0 Å². The zero-order valence-corrected chi connectivity index (χ0v) is 18.5. The number of hydrogen-bond donors (Lipinski definition) is 1. The summed E-state index contributed by atoms with van der Waals surface area (Å²) in [6.45, 7) is 6.59. The van der Waals surface area contributed by atoms with Gasteiger partial charge in [-0.15, -0.1) is 0 Å². The van der Waals surface area contributed by atoms with Crippen LogP contribution >= 0.6 is 0 Å². The first-order valence-electron chi connectivity index (χ1n) is 10.1. The standard InChI is InChI=1S/C17H18N.C7H8N.CH3.Al/c1-13(2)15-8-10-17(11-9-15)18-12-16-7-5-4-6-14(16)3;1-6-4-2-3-5-7(6)8;;/h4-13H,3H2,1-2H3;2-5,8H,1H3;1H3;/q;-1;;+1. The molecule has 1 N–H and O–H groups in total. The van der Waals surface area contributed by atoms with E-state index in [0.29, 0.717) is 5.92 Å². The van der Waals surface area contributed by atoms with E-state index in [0.717, 1.165) is 11.0 Å². The molecule has 0 bridgehead atoms. The molecule has 28 heavy (non-hydrogen) atoms. The summed E-state index contributed by atoms with van der Waals surface area (Å²) in [5, 5.41) is 1.09. The second kappa shape index (κ2) is 9.74. The maximum absolute atomic E-state index is 4.71. The second-order valence-corrected chi connectivity index (χ2v) is 10.3. The highest BCUT2D eigenvalue weighted by molar-refractivity contribution is 6.60. The van der Waals surface area contributed by atoms with Crippen LogP contribution in [0.15, 0.2) is 77.8 Å². The van der Waals surface area contributed by atoms with Gasteiger partial charge in [0.25, 0.3) is 0 Å². The Morgan fingerprint density at radius 1 is 0.929 bits per heavy atom. The number of hydrogen-bond acceptors (Lipinski definition) is 2. The lowest BCUT2D eigenvalue weighted by atomic mass is 10.0. The van der Waals surface area contributed by atoms with Gasteiger partial charge < -0.3 is 4.30 Å². The molecule has 0 spiro atoms. The molecule has 3 heteroatoms. The maximum atomic E-state index is 4.71. The van der Waals surface area contributed by atoms with Gasteiger partial charge in [-0.05, 0) is 53.0 Å². The third-order valence-corrected chi connectivity index (χ3v) is 6.90. The SMILES string of the molecule is Cc1ccccc1[NH][Al]([CH3])[CH2]c1ccccc1C=Nc1ccc(C(C)C)cc1. The van der Waals surface area contributed by atoms with Gasteiger partial charge in [0.15, 0.2) is 0 Å². The van der Waals surface area contributed by atoms with Crippen molar-refractivity contribution in [3.05, 3.63) is 95.1 Å². The molecule has 0 fully saturated rings. The summed E-state index contributed by atoms with van der Waals surface area (Å²) >= 11 is -1.14. The van der Waals surface area contributed by atoms with Gasteiger partial charge in [-0.25, -0.2) is 0 Å². The lowest BCUT2D eigenvalue weighted by Crippen LogP contribution is -2.25. The average Bonchev–Trinajstić information content (AvgIpc) is 2.69. The number of benzene rings is 3. The first-order valence-corrected chi connectivity index (χ1v) is 12.6. The van der Waals surface area contributed by atoms with E-state index in [1.165, 1.54) is 27.9 Å². The van der Waals surface area contributed by atoms with Gasteiger partial charge in [0, 0.05) is 11.9 Å². The molecule has 0 saturated carbocycles. The molecule has 0 radical (unpaired) electrons. The number of nitrogens with zero attached hydrogens (tertiary/aromatic N) is 1. The molecule has 0 aliphatic heterocycles. The van der Waals surface area contributed by atoms with E-state index in [-0.39, 0.29) is 0 Å². The van der Waals surface area contributed by atoms with E-state index >= 15 is 0 Å². The number of aliphatic imine (C=N–C) groups is 1. The number of aryl methyl sites for hydroxylation is 1. The van der Waals surface area contributed by atoms with Crippen LogP contribution in [0.2, 0.25) is 5.79 Å². The molecule has 2 nitrogen and oxygen atoms in total. The van der Waals surface area contributed by atoms with Crippen molar-refractivity contribution in [2.75, 3.05) is 4.30 Å². The highest BCUT2D eigenvalue weighted by Crippen LogP contribution is 2.20. The Morgan fingerprint density at radius 2 is 1.61 bits per heavy atom. The maximum Gasteiger partial charge on any atom is 0.412 e. The molecule has 0 heterocycles. The molecule has 0 aromatic heterocycles. The van der Waals surface area contributed by atoms with E-state index in [4.69, 9.17) is 4.99 Å². The molecule has 142 valence electrons. The normalized spacial score (nSPS) is 11.2. The summed E-state index contributed by atoms with van der Waals surface area (Å²) in [4.78, 5) is 4.71. The highest BCUT2D eigenvalue weighted by Gasteiger charge is 2.15. The molecule has 0 saturated heterocycles. The summed E-state index contributed by atoms with van der Waals surface area (Å²) in [5.41, 5.74) is 7.50. The Labute approximate surface area is 174 Å². The fraction of sp³-hybridized carbons (Fsp3) is 0.240. The number of anilines is 1. The van der Waals surface area contributed by atoms with E-state index in [1.54, 1.807) is 0 Å². The van der Waals surface area contributed by atoms with Crippen molar-refractivity contribution in [3.8, 4) is 0 Å². The quantitative estimate of drug-likeness (QED) is 0.356. The largest absolute Gasteiger partial charge is 0.476 e. The van der Waals surface area contributed by atoms with Crippen LogP contribution < -0.4 is 4.30 Å². The monoisotopic (exact) mass is 384 g/mol. The molecule has 0 unspecified atom stereocenters. The summed E-state index contributed by atoms with van der Waals surface area (Å²) in [6.07, 6.45) is 2.01. The predicted octanol–water partition coefficient (Wildman–Crippen LogP) is 6.68. The van der Waals surface area contributed by atoms with Crippen molar-refractivity contribution < 1.29 is 0 Å². The summed E-state index contributed by atoms with van der Waals surface area (Å²) in [7, 11) is 0. The van der Waals surface area contributed by atoms with Gasteiger partial charge >= 0.3 is 14.4 Å². The molecule has 3 aromatic rings. The Kier molecular flexibility index (Phi) is 7.09. The summed E-state index contributed by atoms with van der Waals surface area (Å²) < 4.78 is 3.77. The first-order chi connectivity index (χ1) is 13.5. The Hall–Kier alpha value is -2.34. The third kappa shape index (κ3) is 5.58. The summed E-state index contributed by atoms with van der Waals surface area (Å²) in [6, 6.07) is 25.7. The highest BCUT2D eigenvalue weighted by atomic mass is 27.2. The van der Waals surface area contributed by atoms with Crippen LogP contribution in [0.1, 0.15) is 42.0 Å². The minimum atomic E-state index is -1.14. The third-order valence-electron chi connectivity index (χ3n) is 5.04. The molecule has 0 atom stereocenters. The molecule has 3 rings (SSSR count). The topological polar surface area (TPSA) is 24.4 Å². The fourth-order valence-electron chi connectivity index (χ4n) is 3.32. The van der Waals surface area contributed by atoms with E-state index in [2.05, 4.69) is 104 Å². The number of nitrogens with one attached hydrogen (secondary N) is 1. The Morgan fingerprint density at radius 3 is 2.32 bits per heavy atom. The van der Waals surface area contributed by atoms with Crippen LogP contribution in [0, 0.1) is 6.92 Å². The minimum absolute atomic E-state index is 0.547. The van der Waals surface area contributed by atoms with Crippen molar-refractivity contribution >= 4 is 32.0 Å². The second-order valence-electron chi connectivity index (χ2n) is 7.77. The predicted molar refractivity (Wildman–Crippen MR) is 124 cm³/mol. The van der Waals surface area contributed by atoms with Crippen LogP contribution in [-0.2, 0) is 5.28 Å². The molecule has 0 amide bonds. The van der Waals surface area contributed by atoms with E-state index in [9.17, 15) is 0 Å². The van der Waals surface area contributed by atoms with Gasteiger partial charge in [-0.1, -0.05) is 79.8 Å². The van der Waals surface area contributed by atoms with Crippen LogP contribution in [0.3, 0.4) is 0 Å². The van der Waals surface area contributed by atoms with Crippen LogP contribution in [-0.4, -0.2) is 20.6 Å². The Balaban J connectivity index is 1.71. The Bertz CT molecular complexity index is 929. The van der Waals surface area contributed by atoms with Gasteiger partial charge in [-0.3, -0.25) is 4.99 Å². The van der Waals surface area contributed by atoms with Crippen LogP contribution in [0.25, 0.3) is 0 Å². The number of para-hydroxylation sites is 1. The lowest BCUT2D eigenvalue weighted by molar-refractivity contribution is 0.867. The summed E-state index contributed by atoms with van der Waals surface area (Å²) in [5.74, 6) is 2.91. The van der Waals surface area contributed by atoms with Crippen molar-refractivity contribution in [1.29, 1.82) is 0 Å². The smallest absolute Gasteiger partial charge is 0.412 e. The van der Waals surface area contributed by atoms with Crippen LogP contribution in [0.4, 0.5) is 11.4 Å². The van der Waals surface area contributed by atoms with Gasteiger partial charge in [-0.2, -0.15) is 0 Å². The molecule has 0 aliphatic rings. The number of rotatable bonds is 7. The molecular formula is C25H29AlN2. The van der Waals surface area contributed by atoms with Crippen molar-refractivity contribution in [3.63, 3.8) is 0 Å². The van der Waals surface area contributed by atoms with E-state index < -0.39 is 14.4 Å². The minimum Gasteiger partial charge on any atom is -0.476 e. The van der Waals surface area contributed by atoms with Crippen LogP contribution in [0.5, 0.6) is 0 Å². The average molecular weight is 385 g/mol. The fourth-order valence-corrected chi connectivity index (χ4v) is 5.31. The molecule has 0 aliphatic carbocycles. The molecule has 3 aromatic carbocycles. The lowest BCUT2D eigenvalue weighted by Gasteiger charge is -2.14. The zero-order valence-electron chi connectivity index (χ0n) is 17.3. The van der Waals surface area contributed by atoms with Crippen molar-refractivity contribution in [2.45, 2.75) is 37.8 Å². The van der Waals surface area contributed by atoms with Gasteiger partial charge in [0.05, 0.1) is 5.69 Å². The first kappa shape index (κ1) is 20.4. The zero-order chi connectivity index (χ0) is 19.9. The van der Waals surface area contributed by atoms with Gasteiger partial charge in [0.2, 0.25) is 0 Å². The van der Waals surface area contributed by atoms with Crippen molar-refractivity contribution in [2.24, 2.45) is 4.99 Å².